The number of nitrogens with zero attached hydrogens (tertiary/aromatic N) is 1. The molecule has 17 heavy (non-hydrogen) atoms. The maximum absolute atomic E-state index is 10.7. The quantitative estimate of drug-likeness (QED) is 0.614. The van der Waals surface area contributed by atoms with Crippen molar-refractivity contribution in [3.8, 4) is 5.75 Å². The molecule has 1 aliphatic carbocycles. The van der Waals surface area contributed by atoms with Crippen LogP contribution in [0.2, 0.25) is 0 Å². The Morgan fingerprint density at radius 3 is 2.53 bits per heavy atom. The first-order valence-corrected chi connectivity index (χ1v) is 5.14. The summed E-state index contributed by atoms with van der Waals surface area (Å²) in [4.78, 5) is 20.6. The van der Waals surface area contributed by atoms with Gasteiger partial charge in [-0.15, -0.1) is 0 Å². The maximum Gasteiger partial charge on any atom is 0.310 e. The molecule has 6 heteroatoms. The first-order chi connectivity index (χ1) is 7.94. The molecule has 0 amide bonds. The van der Waals surface area contributed by atoms with E-state index >= 15 is 0 Å². The molecule has 0 heterocycles. The van der Waals surface area contributed by atoms with Gasteiger partial charge in [0.25, 0.3) is 0 Å². The molecule has 0 unspecified atom stereocenters. The fourth-order valence-electron chi connectivity index (χ4n) is 2.02. The average Bonchev–Trinajstić information content (AvgIpc) is 2.97. The number of hydrogen-bond donors (Lipinski definition) is 2. The molecule has 0 aliphatic heterocycles. The number of phenols is 1. The number of rotatable bonds is 4. The van der Waals surface area contributed by atoms with Gasteiger partial charge in [0.2, 0.25) is 0 Å². The fraction of sp³-hybridized carbons (Fsp3) is 0.364. The average molecular weight is 237 g/mol. The van der Waals surface area contributed by atoms with E-state index in [1.807, 2.05) is 0 Å². The van der Waals surface area contributed by atoms with E-state index in [9.17, 15) is 20.0 Å². The van der Waals surface area contributed by atoms with Gasteiger partial charge in [-0.2, -0.15) is 0 Å². The number of phenolic OH excluding ortho intramolecular Hbond substituents is 1. The minimum atomic E-state index is -0.902. The smallest absolute Gasteiger partial charge is 0.310 e. The lowest BCUT2D eigenvalue weighted by Crippen LogP contribution is -2.12. The molecule has 2 N–H and O–H groups in total. The highest BCUT2D eigenvalue weighted by atomic mass is 16.6. The molecule has 0 radical (unpaired) electrons. The molecular weight excluding hydrogens is 226 g/mol. The molecule has 0 bridgehead atoms. The van der Waals surface area contributed by atoms with Gasteiger partial charge in [-0.05, 0) is 24.5 Å². The molecule has 90 valence electrons. The van der Waals surface area contributed by atoms with Crippen LogP contribution in [-0.2, 0) is 10.2 Å². The highest BCUT2D eigenvalue weighted by Crippen LogP contribution is 2.52. The van der Waals surface area contributed by atoms with E-state index in [0.717, 1.165) is 12.8 Å². The minimum Gasteiger partial charge on any atom is -0.502 e. The SMILES string of the molecule is O=C(O)CC1(c2ccc([N+](=O)[O-])c(O)c2)CC1. The zero-order valence-corrected chi connectivity index (χ0v) is 8.92. The standard InChI is InChI=1S/C11H11NO5/c13-9-5-7(1-2-8(9)12(16)17)11(3-4-11)6-10(14)15/h1-2,5,13H,3-4,6H2,(H,14,15). The lowest BCUT2D eigenvalue weighted by Gasteiger charge is -2.12. The van der Waals surface area contributed by atoms with E-state index in [-0.39, 0.29) is 12.1 Å². The largest absolute Gasteiger partial charge is 0.502 e. The molecule has 1 aliphatic rings. The van der Waals surface area contributed by atoms with Gasteiger partial charge in [0, 0.05) is 11.5 Å². The van der Waals surface area contributed by atoms with Crippen molar-refractivity contribution in [3.63, 3.8) is 0 Å². The molecule has 0 atom stereocenters. The lowest BCUT2D eigenvalue weighted by molar-refractivity contribution is -0.385. The summed E-state index contributed by atoms with van der Waals surface area (Å²) in [6, 6.07) is 4.04. The molecule has 0 spiro atoms. The lowest BCUT2D eigenvalue weighted by atomic mass is 9.92. The highest BCUT2D eigenvalue weighted by molar-refractivity contribution is 5.70. The third-order valence-corrected chi connectivity index (χ3v) is 3.13. The topological polar surface area (TPSA) is 101 Å². The number of benzene rings is 1. The van der Waals surface area contributed by atoms with Crippen molar-refractivity contribution in [1.82, 2.24) is 0 Å². The number of hydrogen-bond acceptors (Lipinski definition) is 4. The predicted octanol–water partition coefficient (Wildman–Crippen LogP) is 1.81. The van der Waals surface area contributed by atoms with E-state index in [1.54, 1.807) is 0 Å². The van der Waals surface area contributed by atoms with Gasteiger partial charge in [-0.1, -0.05) is 6.07 Å². The van der Waals surface area contributed by atoms with Gasteiger partial charge >= 0.3 is 11.7 Å². The number of nitro groups is 1. The second-order valence-corrected chi connectivity index (χ2v) is 4.31. The molecule has 1 aromatic carbocycles. The number of carboxylic acid groups (broad SMARTS) is 1. The Hall–Kier alpha value is -2.11. The van der Waals surface area contributed by atoms with Crippen molar-refractivity contribution in [3.05, 3.63) is 33.9 Å². The van der Waals surface area contributed by atoms with E-state index in [4.69, 9.17) is 5.11 Å². The Morgan fingerprint density at radius 1 is 1.47 bits per heavy atom. The first-order valence-electron chi connectivity index (χ1n) is 5.14. The zero-order chi connectivity index (χ0) is 12.6. The fourth-order valence-corrected chi connectivity index (χ4v) is 2.02. The van der Waals surface area contributed by atoms with Crippen LogP contribution in [0.15, 0.2) is 18.2 Å². The van der Waals surface area contributed by atoms with Crippen LogP contribution in [0.4, 0.5) is 5.69 Å². The van der Waals surface area contributed by atoms with Crippen LogP contribution < -0.4 is 0 Å². The molecular formula is C11H11NO5. The normalized spacial score (nSPS) is 16.5. The van der Waals surface area contributed by atoms with Gasteiger partial charge in [-0.3, -0.25) is 14.9 Å². The molecule has 1 saturated carbocycles. The second-order valence-electron chi connectivity index (χ2n) is 4.31. The summed E-state index contributed by atoms with van der Waals surface area (Å²) >= 11 is 0. The van der Waals surface area contributed by atoms with Crippen LogP contribution in [0, 0.1) is 10.1 Å². The summed E-state index contributed by atoms with van der Waals surface area (Å²) in [6.07, 6.45) is 1.46. The zero-order valence-electron chi connectivity index (χ0n) is 8.92. The predicted molar refractivity (Wildman–Crippen MR) is 57.9 cm³/mol. The van der Waals surface area contributed by atoms with Gasteiger partial charge in [0.15, 0.2) is 5.75 Å². The highest BCUT2D eigenvalue weighted by Gasteiger charge is 2.46. The van der Waals surface area contributed by atoms with Crippen molar-refractivity contribution in [2.45, 2.75) is 24.7 Å². The Bertz CT molecular complexity index is 493. The minimum absolute atomic E-state index is 0.00967. The third kappa shape index (κ3) is 2.06. The van der Waals surface area contributed by atoms with Crippen molar-refractivity contribution < 1.29 is 19.9 Å². The van der Waals surface area contributed by atoms with Gasteiger partial charge in [0.1, 0.15) is 0 Å². The number of carboxylic acids is 1. The molecule has 6 nitrogen and oxygen atoms in total. The van der Waals surface area contributed by atoms with Crippen LogP contribution in [0.5, 0.6) is 5.75 Å². The third-order valence-electron chi connectivity index (χ3n) is 3.13. The molecule has 2 rings (SSSR count). The van der Waals surface area contributed by atoms with Crippen molar-refractivity contribution >= 4 is 11.7 Å². The summed E-state index contributed by atoms with van der Waals surface area (Å²) in [5, 5.41) is 28.8. The van der Waals surface area contributed by atoms with Gasteiger partial charge in [-0.25, -0.2) is 0 Å². The van der Waals surface area contributed by atoms with Crippen molar-refractivity contribution in [2.24, 2.45) is 0 Å². The van der Waals surface area contributed by atoms with Crippen LogP contribution in [0.25, 0.3) is 0 Å². The van der Waals surface area contributed by atoms with Crippen LogP contribution in [0.3, 0.4) is 0 Å². The Kier molecular flexibility index (Phi) is 2.49. The van der Waals surface area contributed by atoms with Gasteiger partial charge in [0.05, 0.1) is 11.3 Å². The number of nitro benzene ring substituents is 1. The number of carbonyl (C=O) groups is 1. The van der Waals surface area contributed by atoms with E-state index < -0.39 is 22.1 Å². The monoisotopic (exact) mass is 237 g/mol. The molecule has 0 saturated heterocycles. The number of aliphatic carboxylic acids is 1. The molecule has 1 fully saturated rings. The Balaban J connectivity index is 2.32. The van der Waals surface area contributed by atoms with Gasteiger partial charge < -0.3 is 10.2 Å². The van der Waals surface area contributed by atoms with Crippen LogP contribution >= 0.6 is 0 Å². The van der Waals surface area contributed by atoms with Crippen molar-refractivity contribution in [1.29, 1.82) is 0 Å². The van der Waals surface area contributed by atoms with E-state index in [0.29, 0.717) is 5.56 Å². The Morgan fingerprint density at radius 2 is 2.12 bits per heavy atom. The molecule has 0 aromatic heterocycles. The summed E-state index contributed by atoms with van der Waals surface area (Å²) in [5.74, 6) is -1.32. The van der Waals surface area contributed by atoms with E-state index in [2.05, 4.69) is 0 Å². The summed E-state index contributed by atoms with van der Waals surface area (Å²) in [7, 11) is 0. The second kappa shape index (κ2) is 3.73. The summed E-state index contributed by atoms with van der Waals surface area (Å²) in [6.45, 7) is 0. The molecule has 1 aromatic rings. The number of aromatic hydroxyl groups is 1. The first kappa shape index (κ1) is 11.4. The summed E-state index contributed by atoms with van der Waals surface area (Å²) in [5.41, 5.74) is -0.152. The maximum atomic E-state index is 10.7. The van der Waals surface area contributed by atoms with Crippen LogP contribution in [-0.4, -0.2) is 21.1 Å². The van der Waals surface area contributed by atoms with E-state index in [1.165, 1.54) is 18.2 Å². The van der Waals surface area contributed by atoms with Crippen molar-refractivity contribution in [2.75, 3.05) is 0 Å². The van der Waals surface area contributed by atoms with Crippen LogP contribution in [0.1, 0.15) is 24.8 Å². The Labute approximate surface area is 96.7 Å². The summed E-state index contributed by atoms with van der Waals surface area (Å²) < 4.78 is 0.